The normalized spacial score (nSPS) is 31.5. The molecule has 3 aliphatic rings. The van der Waals surface area contributed by atoms with Gasteiger partial charge in [0.1, 0.15) is 0 Å². The fourth-order valence-electron chi connectivity index (χ4n) is 5.36. The van der Waals surface area contributed by atoms with Crippen LogP contribution in [0.3, 0.4) is 0 Å². The minimum Gasteiger partial charge on any atom is -0.293 e. The molecule has 2 unspecified atom stereocenters. The molecule has 2 aromatic carbocycles. The van der Waals surface area contributed by atoms with E-state index in [4.69, 9.17) is 0 Å². The van der Waals surface area contributed by atoms with Gasteiger partial charge in [0.25, 0.3) is 0 Å². The van der Waals surface area contributed by atoms with Gasteiger partial charge in [-0.3, -0.25) is 9.59 Å². The number of rotatable bonds is 0. The zero-order valence-corrected chi connectivity index (χ0v) is 12.3. The van der Waals surface area contributed by atoms with E-state index in [-0.39, 0.29) is 11.6 Å². The van der Waals surface area contributed by atoms with Gasteiger partial charge >= 0.3 is 0 Å². The molecule has 2 atom stereocenters. The van der Waals surface area contributed by atoms with Crippen molar-refractivity contribution in [3.05, 3.63) is 70.8 Å². The van der Waals surface area contributed by atoms with Crippen molar-refractivity contribution in [3.63, 3.8) is 0 Å². The molecule has 2 aromatic rings. The highest BCUT2D eigenvalue weighted by molar-refractivity contribution is 6.25. The van der Waals surface area contributed by atoms with E-state index < -0.39 is 10.8 Å². The van der Waals surface area contributed by atoms with Crippen LogP contribution in [0.4, 0.5) is 0 Å². The summed E-state index contributed by atoms with van der Waals surface area (Å²) in [6.07, 6.45) is 3.62. The van der Waals surface area contributed by atoms with Gasteiger partial charge < -0.3 is 0 Å². The van der Waals surface area contributed by atoms with Crippen LogP contribution in [0, 0.1) is 0 Å². The summed E-state index contributed by atoms with van der Waals surface area (Å²) in [6.45, 7) is 0. The van der Waals surface area contributed by atoms with Crippen molar-refractivity contribution in [2.24, 2.45) is 0 Å². The number of ketones is 2. The summed E-state index contributed by atoms with van der Waals surface area (Å²) in [5, 5.41) is 0. The Morgan fingerprint density at radius 2 is 1.05 bits per heavy atom. The second kappa shape index (κ2) is 3.75. The number of hydrogen-bond donors (Lipinski definition) is 0. The molecule has 0 amide bonds. The summed E-state index contributed by atoms with van der Waals surface area (Å²) in [7, 11) is 0. The number of fused-ring (bicyclic) bond motifs is 2. The topological polar surface area (TPSA) is 34.1 Å². The highest BCUT2D eigenvalue weighted by atomic mass is 16.1. The van der Waals surface area contributed by atoms with Crippen molar-refractivity contribution in [3.8, 4) is 0 Å². The minimum absolute atomic E-state index is 0.168. The second-order valence-electron chi connectivity index (χ2n) is 6.77. The van der Waals surface area contributed by atoms with Crippen molar-refractivity contribution < 1.29 is 9.59 Å². The van der Waals surface area contributed by atoms with E-state index in [1.165, 1.54) is 0 Å². The van der Waals surface area contributed by atoms with Crippen LogP contribution < -0.4 is 0 Å². The predicted octanol–water partition coefficient (Wildman–Crippen LogP) is 3.83. The van der Waals surface area contributed by atoms with E-state index in [1.54, 1.807) is 0 Å². The van der Waals surface area contributed by atoms with Crippen LogP contribution in [0.2, 0.25) is 0 Å². The van der Waals surface area contributed by atoms with Crippen LogP contribution in [0.1, 0.15) is 57.5 Å². The van der Waals surface area contributed by atoms with Gasteiger partial charge in [-0.2, -0.15) is 0 Å². The average Bonchev–Trinajstić information content (AvgIpc) is 2.96. The number of hydrogen-bond acceptors (Lipinski definition) is 2. The molecule has 0 spiro atoms. The van der Waals surface area contributed by atoms with Crippen molar-refractivity contribution in [1.29, 1.82) is 0 Å². The third kappa shape index (κ3) is 1.03. The Morgan fingerprint density at radius 1 is 0.636 bits per heavy atom. The first-order chi connectivity index (χ1) is 10.7. The molecular weight excluding hydrogens is 272 g/mol. The highest BCUT2D eigenvalue weighted by Crippen LogP contribution is 2.65. The van der Waals surface area contributed by atoms with E-state index in [2.05, 4.69) is 0 Å². The van der Waals surface area contributed by atoms with Gasteiger partial charge in [0.05, 0.1) is 10.8 Å². The summed E-state index contributed by atoms with van der Waals surface area (Å²) in [4.78, 5) is 26.8. The molecule has 3 aliphatic carbocycles. The SMILES string of the molecule is O=C1c2ccccc2C23CCCCC12c1ccccc1C3=O. The molecule has 108 valence electrons. The highest BCUT2D eigenvalue weighted by Gasteiger charge is 2.71. The molecule has 1 saturated carbocycles. The first-order valence-electron chi connectivity index (χ1n) is 8.02. The number of Topliss-reactive ketones (excluding diaryl/α,β-unsaturated/α-hetero) is 2. The average molecular weight is 288 g/mol. The third-order valence-corrected chi connectivity index (χ3v) is 6.12. The molecule has 0 aliphatic heterocycles. The smallest absolute Gasteiger partial charge is 0.175 e. The molecule has 0 saturated heterocycles. The molecule has 0 aromatic heterocycles. The van der Waals surface area contributed by atoms with Gasteiger partial charge in [0.2, 0.25) is 0 Å². The second-order valence-corrected chi connectivity index (χ2v) is 6.77. The van der Waals surface area contributed by atoms with Crippen LogP contribution in [0.25, 0.3) is 0 Å². The summed E-state index contributed by atoms with van der Waals surface area (Å²) < 4.78 is 0. The molecule has 0 bridgehead atoms. The summed E-state index contributed by atoms with van der Waals surface area (Å²) >= 11 is 0. The molecule has 1 fully saturated rings. The third-order valence-electron chi connectivity index (χ3n) is 6.12. The summed E-state index contributed by atoms with van der Waals surface area (Å²) in [5.74, 6) is 0.335. The van der Waals surface area contributed by atoms with Crippen molar-refractivity contribution >= 4 is 11.6 Å². The fraction of sp³-hybridized carbons (Fsp3) is 0.300. The van der Waals surface area contributed by atoms with Gasteiger partial charge in [-0.25, -0.2) is 0 Å². The van der Waals surface area contributed by atoms with Crippen molar-refractivity contribution in [2.75, 3.05) is 0 Å². The monoisotopic (exact) mass is 288 g/mol. The van der Waals surface area contributed by atoms with Gasteiger partial charge in [-0.1, -0.05) is 61.4 Å². The van der Waals surface area contributed by atoms with Crippen LogP contribution in [-0.2, 0) is 10.8 Å². The molecule has 0 heterocycles. The molecular formula is C20H16O2. The van der Waals surface area contributed by atoms with E-state index in [9.17, 15) is 9.59 Å². The Labute approximate surface area is 129 Å². The molecule has 5 rings (SSSR count). The predicted molar refractivity (Wildman–Crippen MR) is 83.4 cm³/mol. The van der Waals surface area contributed by atoms with Gasteiger partial charge in [0, 0.05) is 11.1 Å². The van der Waals surface area contributed by atoms with Crippen LogP contribution >= 0.6 is 0 Å². The Morgan fingerprint density at radius 3 is 1.50 bits per heavy atom. The Hall–Kier alpha value is -2.22. The zero-order chi connectivity index (χ0) is 14.9. The summed E-state index contributed by atoms with van der Waals surface area (Å²) in [6, 6.07) is 15.6. The largest absolute Gasteiger partial charge is 0.293 e. The zero-order valence-electron chi connectivity index (χ0n) is 12.3. The quantitative estimate of drug-likeness (QED) is 0.738. The summed E-state index contributed by atoms with van der Waals surface area (Å²) in [5.41, 5.74) is 2.21. The van der Waals surface area contributed by atoms with E-state index in [0.717, 1.165) is 47.9 Å². The molecule has 2 nitrogen and oxygen atoms in total. The van der Waals surface area contributed by atoms with Gasteiger partial charge in [-0.05, 0) is 24.0 Å². The number of carbonyl (C=O) groups is 2. The van der Waals surface area contributed by atoms with E-state index in [0.29, 0.717) is 0 Å². The van der Waals surface area contributed by atoms with E-state index in [1.807, 2.05) is 48.5 Å². The minimum atomic E-state index is -0.636. The molecule has 2 heteroatoms. The van der Waals surface area contributed by atoms with Gasteiger partial charge in [0.15, 0.2) is 11.6 Å². The fourth-order valence-corrected chi connectivity index (χ4v) is 5.36. The Kier molecular flexibility index (Phi) is 2.10. The molecule has 0 radical (unpaired) electrons. The lowest BCUT2D eigenvalue weighted by molar-refractivity contribution is 0.0660. The standard InChI is InChI=1S/C20H16O2/c21-17-13-7-1-3-9-15(13)19-11-5-6-12-20(17,19)16-10-4-2-8-14(16)18(19)22/h1-4,7-10H,5-6,11-12H2. The van der Waals surface area contributed by atoms with Crippen LogP contribution in [0.15, 0.2) is 48.5 Å². The van der Waals surface area contributed by atoms with E-state index >= 15 is 0 Å². The van der Waals surface area contributed by atoms with Crippen LogP contribution in [0.5, 0.6) is 0 Å². The number of carbonyl (C=O) groups excluding carboxylic acids is 2. The maximum absolute atomic E-state index is 13.4. The lowest BCUT2D eigenvalue weighted by Gasteiger charge is -2.43. The molecule has 0 N–H and O–H groups in total. The number of benzene rings is 2. The van der Waals surface area contributed by atoms with Crippen LogP contribution in [-0.4, -0.2) is 11.6 Å². The Balaban J connectivity index is 1.96. The van der Waals surface area contributed by atoms with Crippen molar-refractivity contribution in [2.45, 2.75) is 36.5 Å². The lowest BCUT2D eigenvalue weighted by atomic mass is 9.56. The Bertz CT molecular complexity index is 779. The first-order valence-corrected chi connectivity index (χ1v) is 8.02. The van der Waals surface area contributed by atoms with Crippen molar-refractivity contribution in [1.82, 2.24) is 0 Å². The maximum Gasteiger partial charge on any atom is 0.175 e. The lowest BCUT2D eigenvalue weighted by Crippen LogP contribution is -2.51. The molecule has 22 heavy (non-hydrogen) atoms. The van der Waals surface area contributed by atoms with Gasteiger partial charge in [-0.15, -0.1) is 0 Å². The maximum atomic E-state index is 13.4. The first kappa shape index (κ1) is 12.3.